The van der Waals surface area contributed by atoms with E-state index in [1.807, 2.05) is 0 Å². The zero-order valence-corrected chi connectivity index (χ0v) is 12.3. The van der Waals surface area contributed by atoms with Crippen LogP contribution in [-0.2, 0) is 9.59 Å². The number of carbonyl (C=O) groups is 2. The molecule has 0 aromatic heterocycles. The van der Waals surface area contributed by atoms with Gasteiger partial charge in [-0.2, -0.15) is 10.1 Å². The average molecular weight is 310 g/mol. The lowest BCUT2D eigenvalue weighted by Gasteiger charge is -2.37. The Bertz CT molecular complexity index is 734. The molecule has 0 N–H and O–H groups in total. The van der Waals surface area contributed by atoms with Gasteiger partial charge >= 0.3 is 0 Å². The van der Waals surface area contributed by atoms with Gasteiger partial charge in [0.15, 0.2) is 0 Å². The van der Waals surface area contributed by atoms with Crippen molar-refractivity contribution in [1.82, 2.24) is 5.01 Å². The first-order valence-electron chi connectivity index (χ1n) is 8.01. The second kappa shape index (κ2) is 4.37. The van der Waals surface area contributed by atoms with E-state index in [-0.39, 0.29) is 41.3 Å². The average Bonchev–Trinajstić information content (AvgIpc) is 3.33. The summed E-state index contributed by atoms with van der Waals surface area (Å²) in [5.41, 5.74) is 0.658. The summed E-state index contributed by atoms with van der Waals surface area (Å²) < 4.78 is 12.9. The summed E-state index contributed by atoms with van der Waals surface area (Å²) in [5, 5.41) is 5.14. The molecule has 4 aliphatic carbocycles. The summed E-state index contributed by atoms with van der Waals surface area (Å²) in [6.07, 6.45) is 6.87. The van der Waals surface area contributed by atoms with Gasteiger partial charge in [0.25, 0.3) is 11.8 Å². The Balaban J connectivity index is 1.44. The Kier molecular flexibility index (Phi) is 2.50. The molecule has 23 heavy (non-hydrogen) atoms. The third-order valence-corrected chi connectivity index (χ3v) is 5.83. The van der Waals surface area contributed by atoms with E-state index < -0.39 is 0 Å². The SMILES string of the molecule is O=C1[C@@H]2[C@H]3C=C[C@@H]([C@@H]4C[C@H]34)[C@H]2C(=O)N1/N=C\c1ccc(F)cc1. The van der Waals surface area contributed by atoms with E-state index in [0.717, 1.165) is 11.4 Å². The lowest BCUT2D eigenvalue weighted by atomic mass is 9.63. The van der Waals surface area contributed by atoms with Crippen molar-refractivity contribution >= 4 is 18.0 Å². The number of allylic oxidation sites excluding steroid dienone is 2. The van der Waals surface area contributed by atoms with Crippen LogP contribution in [0.15, 0.2) is 41.5 Å². The van der Waals surface area contributed by atoms with Gasteiger partial charge in [0, 0.05) is 0 Å². The predicted molar refractivity (Wildman–Crippen MR) is 80.5 cm³/mol. The van der Waals surface area contributed by atoms with Gasteiger partial charge in [-0.05, 0) is 47.8 Å². The molecule has 2 amide bonds. The highest BCUT2D eigenvalue weighted by atomic mass is 19.1. The van der Waals surface area contributed by atoms with Crippen LogP contribution in [0.5, 0.6) is 0 Å². The second-order valence-electron chi connectivity index (χ2n) is 6.94. The van der Waals surface area contributed by atoms with Crippen molar-refractivity contribution in [1.29, 1.82) is 0 Å². The fraction of sp³-hybridized carbons (Fsp3) is 0.389. The van der Waals surface area contributed by atoms with Crippen molar-refractivity contribution in [2.24, 2.45) is 40.6 Å². The molecule has 0 spiro atoms. The van der Waals surface area contributed by atoms with Gasteiger partial charge in [-0.25, -0.2) is 4.39 Å². The van der Waals surface area contributed by atoms with Crippen LogP contribution in [0.25, 0.3) is 0 Å². The number of halogens is 1. The summed E-state index contributed by atoms with van der Waals surface area (Å²) >= 11 is 0. The summed E-state index contributed by atoms with van der Waals surface area (Å²) in [4.78, 5) is 25.4. The predicted octanol–water partition coefficient (Wildman–Crippen LogP) is 2.21. The maximum Gasteiger partial charge on any atom is 0.254 e. The molecule has 1 aromatic carbocycles. The Morgan fingerprint density at radius 2 is 1.57 bits per heavy atom. The number of nitrogens with zero attached hydrogens (tertiary/aromatic N) is 2. The maximum absolute atomic E-state index is 12.9. The Hall–Kier alpha value is -2.30. The largest absolute Gasteiger partial charge is 0.272 e. The second-order valence-corrected chi connectivity index (χ2v) is 6.94. The summed E-state index contributed by atoms with van der Waals surface area (Å²) in [5.74, 6) is 0.440. The lowest BCUT2D eigenvalue weighted by Crippen LogP contribution is -2.40. The van der Waals surface area contributed by atoms with Crippen LogP contribution >= 0.6 is 0 Å². The molecule has 6 atom stereocenters. The highest BCUT2D eigenvalue weighted by Gasteiger charge is 2.67. The first-order valence-corrected chi connectivity index (χ1v) is 8.01. The van der Waals surface area contributed by atoms with Crippen LogP contribution in [0.2, 0.25) is 0 Å². The zero-order valence-electron chi connectivity index (χ0n) is 12.3. The summed E-state index contributed by atoms with van der Waals surface area (Å²) in [7, 11) is 0. The Labute approximate surface area is 132 Å². The molecular formula is C18H15FN2O2. The third kappa shape index (κ3) is 1.73. The van der Waals surface area contributed by atoms with Crippen LogP contribution < -0.4 is 0 Å². The standard InChI is InChI=1S/C18H15FN2O2/c19-10-3-1-9(2-4-10)8-20-21-17(22)15-11-5-6-12(14-7-13(11)14)16(15)18(21)23/h1-6,8,11-16H,7H2/b20-8-/t11-,12-,13-,14+,15+,16+/m0/s1. The number of hydrazone groups is 1. The lowest BCUT2D eigenvalue weighted by molar-refractivity contribution is -0.140. The molecular weight excluding hydrogens is 295 g/mol. The highest BCUT2D eigenvalue weighted by Crippen LogP contribution is 2.65. The summed E-state index contributed by atoms with van der Waals surface area (Å²) in [6, 6.07) is 5.79. The van der Waals surface area contributed by atoms with Gasteiger partial charge in [-0.1, -0.05) is 24.3 Å². The van der Waals surface area contributed by atoms with Crippen molar-refractivity contribution in [3.63, 3.8) is 0 Å². The fourth-order valence-corrected chi connectivity index (χ4v) is 4.73. The van der Waals surface area contributed by atoms with Gasteiger partial charge in [0.1, 0.15) is 5.82 Å². The first kappa shape index (κ1) is 13.2. The molecule has 4 nitrogen and oxygen atoms in total. The van der Waals surface area contributed by atoms with Crippen LogP contribution in [0, 0.1) is 41.3 Å². The van der Waals surface area contributed by atoms with Gasteiger partial charge < -0.3 is 0 Å². The number of benzene rings is 1. The number of hydrogen-bond acceptors (Lipinski definition) is 3. The van der Waals surface area contributed by atoms with Gasteiger partial charge in [0.05, 0.1) is 18.1 Å². The number of rotatable bonds is 2. The minimum atomic E-state index is -0.330. The van der Waals surface area contributed by atoms with E-state index in [9.17, 15) is 14.0 Å². The molecule has 1 aliphatic heterocycles. The molecule has 5 heteroatoms. The minimum absolute atomic E-state index is 0.178. The number of carbonyl (C=O) groups excluding carboxylic acids is 2. The zero-order chi connectivity index (χ0) is 15.7. The van der Waals surface area contributed by atoms with Gasteiger partial charge in [-0.3, -0.25) is 9.59 Å². The number of hydrogen-bond donors (Lipinski definition) is 0. The Morgan fingerprint density at radius 3 is 2.13 bits per heavy atom. The smallest absolute Gasteiger partial charge is 0.254 e. The molecule has 3 fully saturated rings. The monoisotopic (exact) mass is 310 g/mol. The normalized spacial score (nSPS) is 40.0. The third-order valence-electron chi connectivity index (χ3n) is 5.83. The number of amides is 2. The van der Waals surface area contributed by atoms with Crippen molar-refractivity contribution in [3.8, 4) is 0 Å². The first-order chi connectivity index (χ1) is 11.1. The molecule has 116 valence electrons. The van der Waals surface area contributed by atoms with Crippen LogP contribution in [0.1, 0.15) is 12.0 Å². The van der Waals surface area contributed by atoms with Gasteiger partial charge in [-0.15, -0.1) is 0 Å². The fourth-order valence-electron chi connectivity index (χ4n) is 4.73. The topological polar surface area (TPSA) is 49.7 Å². The molecule has 1 saturated heterocycles. The quantitative estimate of drug-likeness (QED) is 0.478. The molecule has 0 radical (unpaired) electrons. The van der Waals surface area contributed by atoms with Crippen molar-refractivity contribution < 1.29 is 14.0 Å². The molecule has 1 aromatic rings. The Morgan fingerprint density at radius 1 is 1.00 bits per heavy atom. The van der Waals surface area contributed by atoms with E-state index >= 15 is 0 Å². The van der Waals surface area contributed by atoms with Crippen molar-refractivity contribution in [2.45, 2.75) is 6.42 Å². The van der Waals surface area contributed by atoms with Gasteiger partial charge in [0.2, 0.25) is 0 Å². The summed E-state index contributed by atoms with van der Waals surface area (Å²) in [6.45, 7) is 0. The maximum atomic E-state index is 12.9. The van der Waals surface area contributed by atoms with E-state index in [1.165, 1.54) is 18.3 Å². The molecule has 2 saturated carbocycles. The number of imide groups is 1. The van der Waals surface area contributed by atoms with E-state index in [2.05, 4.69) is 17.3 Å². The van der Waals surface area contributed by atoms with E-state index in [1.54, 1.807) is 12.1 Å². The van der Waals surface area contributed by atoms with Crippen LogP contribution in [0.4, 0.5) is 4.39 Å². The molecule has 0 unspecified atom stereocenters. The van der Waals surface area contributed by atoms with Crippen molar-refractivity contribution in [3.05, 3.63) is 47.8 Å². The molecule has 6 rings (SSSR count). The highest BCUT2D eigenvalue weighted by molar-refractivity contribution is 6.06. The van der Waals surface area contributed by atoms with E-state index in [0.29, 0.717) is 17.4 Å². The minimum Gasteiger partial charge on any atom is -0.272 e. The molecule has 1 heterocycles. The van der Waals surface area contributed by atoms with Crippen LogP contribution in [0.3, 0.4) is 0 Å². The molecule has 2 bridgehead atoms. The van der Waals surface area contributed by atoms with Crippen molar-refractivity contribution in [2.75, 3.05) is 0 Å². The van der Waals surface area contributed by atoms with E-state index in [4.69, 9.17) is 0 Å². The molecule has 5 aliphatic rings. The van der Waals surface area contributed by atoms with Crippen LogP contribution in [-0.4, -0.2) is 23.0 Å².